The maximum absolute atomic E-state index is 11.4. The first-order valence-corrected chi connectivity index (χ1v) is 4.95. The van der Waals surface area contributed by atoms with E-state index in [4.69, 9.17) is 15.3 Å². The number of carbonyl (C=O) groups excluding carboxylic acids is 1. The van der Waals surface area contributed by atoms with E-state index >= 15 is 0 Å². The van der Waals surface area contributed by atoms with E-state index in [1.807, 2.05) is 0 Å². The number of hydrazine groups is 1. The summed E-state index contributed by atoms with van der Waals surface area (Å²) in [6, 6.07) is 5.25. The number of H-pyrrole nitrogens is 1. The predicted molar refractivity (Wildman–Crippen MR) is 63.1 cm³/mol. The summed E-state index contributed by atoms with van der Waals surface area (Å²) in [6.45, 7) is 0. The minimum atomic E-state index is -0.376. The maximum Gasteiger partial charge on any atom is 0.281 e. The smallest absolute Gasteiger partial charge is 0.281 e. The Hall–Kier alpha value is -2.21. The number of amides is 1. The Kier molecular flexibility index (Phi) is 2.88. The number of nitrogens with two attached hydrogens (primary N) is 1. The first-order valence-electron chi connectivity index (χ1n) is 4.95. The molecule has 1 heterocycles. The van der Waals surface area contributed by atoms with E-state index in [0.29, 0.717) is 17.2 Å². The molecule has 0 bridgehead atoms. The number of hydrogen-bond donors (Lipinski definition) is 3. The Morgan fingerprint density at radius 3 is 2.47 bits per heavy atom. The third-order valence-corrected chi connectivity index (χ3v) is 2.50. The molecule has 1 aromatic heterocycles. The van der Waals surface area contributed by atoms with Crippen molar-refractivity contribution in [3.05, 3.63) is 23.9 Å². The van der Waals surface area contributed by atoms with Gasteiger partial charge in [0.25, 0.3) is 5.91 Å². The average molecular weight is 235 g/mol. The van der Waals surface area contributed by atoms with E-state index in [0.717, 1.165) is 10.9 Å². The fourth-order valence-electron chi connectivity index (χ4n) is 1.66. The summed E-state index contributed by atoms with van der Waals surface area (Å²) in [5.74, 6) is 5.90. The minimum Gasteiger partial charge on any atom is -0.493 e. The van der Waals surface area contributed by atoms with Crippen molar-refractivity contribution in [1.82, 2.24) is 10.4 Å². The van der Waals surface area contributed by atoms with Crippen molar-refractivity contribution in [1.29, 1.82) is 0 Å². The van der Waals surface area contributed by atoms with Crippen LogP contribution in [0.25, 0.3) is 10.9 Å². The molecule has 0 saturated heterocycles. The van der Waals surface area contributed by atoms with E-state index in [1.54, 1.807) is 32.4 Å². The summed E-state index contributed by atoms with van der Waals surface area (Å²) in [7, 11) is 3.12. The lowest BCUT2D eigenvalue weighted by Crippen LogP contribution is -2.30. The van der Waals surface area contributed by atoms with Gasteiger partial charge in [-0.05, 0) is 12.1 Å². The molecule has 0 unspecified atom stereocenters. The molecular formula is C11H13N3O3. The van der Waals surface area contributed by atoms with E-state index < -0.39 is 0 Å². The summed E-state index contributed by atoms with van der Waals surface area (Å²) >= 11 is 0. The highest BCUT2D eigenvalue weighted by atomic mass is 16.5. The molecule has 0 aliphatic carbocycles. The Morgan fingerprint density at radius 1 is 1.24 bits per heavy atom. The summed E-state index contributed by atoms with van der Waals surface area (Å²) in [4.78, 5) is 14.3. The molecule has 4 N–H and O–H groups in total. The zero-order valence-electron chi connectivity index (χ0n) is 9.53. The molecule has 6 heteroatoms. The van der Waals surface area contributed by atoms with E-state index in [9.17, 15) is 4.79 Å². The number of aromatic nitrogens is 1. The molecule has 0 aliphatic heterocycles. The van der Waals surface area contributed by atoms with Gasteiger partial charge in [0, 0.05) is 17.0 Å². The van der Waals surface area contributed by atoms with Gasteiger partial charge in [-0.3, -0.25) is 10.2 Å². The van der Waals surface area contributed by atoms with Crippen molar-refractivity contribution < 1.29 is 14.3 Å². The number of methoxy groups -OCH3 is 2. The number of ether oxygens (including phenoxy) is 2. The number of fused-ring (bicyclic) bond motifs is 1. The zero-order chi connectivity index (χ0) is 12.4. The van der Waals surface area contributed by atoms with E-state index in [1.165, 1.54) is 0 Å². The number of carbonyl (C=O) groups is 1. The second-order valence-electron chi connectivity index (χ2n) is 3.45. The second-order valence-corrected chi connectivity index (χ2v) is 3.45. The van der Waals surface area contributed by atoms with E-state index in [2.05, 4.69) is 10.4 Å². The van der Waals surface area contributed by atoms with Crippen molar-refractivity contribution in [2.24, 2.45) is 5.84 Å². The standard InChI is InChI=1S/C11H13N3O3/c1-16-9-4-6-3-8(11(15)14-12)13-7(6)5-10(9)17-2/h3-5,13H,12H2,1-2H3,(H,14,15). The number of nitrogens with one attached hydrogen (secondary N) is 2. The first kappa shape index (κ1) is 11.3. The van der Waals surface area contributed by atoms with Crippen LogP contribution in [-0.2, 0) is 0 Å². The Bertz CT molecular complexity index is 521. The molecule has 0 spiro atoms. The van der Waals surface area contributed by atoms with Gasteiger partial charge in [-0.2, -0.15) is 0 Å². The fraction of sp³-hybridized carbons (Fsp3) is 0.182. The lowest BCUT2D eigenvalue weighted by Gasteiger charge is -2.06. The number of hydrogen-bond acceptors (Lipinski definition) is 4. The van der Waals surface area contributed by atoms with Crippen LogP contribution >= 0.6 is 0 Å². The van der Waals surface area contributed by atoms with Gasteiger partial charge in [-0.1, -0.05) is 0 Å². The summed E-state index contributed by atoms with van der Waals surface area (Å²) < 4.78 is 10.3. The van der Waals surface area contributed by atoms with Crippen LogP contribution in [0.4, 0.5) is 0 Å². The predicted octanol–water partition coefficient (Wildman–Crippen LogP) is 0.789. The quantitative estimate of drug-likeness (QED) is 0.417. The van der Waals surface area contributed by atoms with Gasteiger partial charge >= 0.3 is 0 Å². The molecule has 0 atom stereocenters. The molecule has 0 fully saturated rings. The van der Waals surface area contributed by atoms with Gasteiger partial charge in [0.05, 0.1) is 14.2 Å². The molecule has 17 heavy (non-hydrogen) atoms. The van der Waals surface area contributed by atoms with Gasteiger partial charge in [0.2, 0.25) is 0 Å². The van der Waals surface area contributed by atoms with Crippen LogP contribution < -0.4 is 20.7 Å². The summed E-state index contributed by atoms with van der Waals surface area (Å²) in [5.41, 5.74) is 3.23. The lowest BCUT2D eigenvalue weighted by atomic mass is 10.2. The van der Waals surface area contributed by atoms with Gasteiger partial charge < -0.3 is 14.5 Å². The Balaban J connectivity index is 2.57. The van der Waals surface area contributed by atoms with Crippen molar-refractivity contribution in [3.8, 4) is 11.5 Å². The third kappa shape index (κ3) is 1.90. The van der Waals surface area contributed by atoms with Crippen LogP contribution in [0.3, 0.4) is 0 Å². The van der Waals surface area contributed by atoms with Gasteiger partial charge in [-0.25, -0.2) is 5.84 Å². The van der Waals surface area contributed by atoms with Crippen LogP contribution in [0.5, 0.6) is 11.5 Å². The molecule has 1 aromatic carbocycles. The van der Waals surface area contributed by atoms with Crippen LogP contribution in [-0.4, -0.2) is 25.1 Å². The maximum atomic E-state index is 11.4. The molecule has 0 saturated carbocycles. The highest BCUT2D eigenvalue weighted by Gasteiger charge is 2.11. The molecule has 2 aromatic rings. The van der Waals surface area contributed by atoms with Crippen LogP contribution in [0.2, 0.25) is 0 Å². The van der Waals surface area contributed by atoms with Crippen molar-refractivity contribution in [2.75, 3.05) is 14.2 Å². The van der Waals surface area contributed by atoms with Crippen molar-refractivity contribution in [3.63, 3.8) is 0 Å². The molecule has 2 rings (SSSR count). The number of benzene rings is 1. The highest BCUT2D eigenvalue weighted by molar-refractivity contribution is 5.98. The molecule has 0 aliphatic rings. The highest BCUT2D eigenvalue weighted by Crippen LogP contribution is 2.32. The Morgan fingerprint density at radius 2 is 1.88 bits per heavy atom. The number of aromatic amines is 1. The average Bonchev–Trinajstić information content (AvgIpc) is 2.78. The molecule has 90 valence electrons. The van der Waals surface area contributed by atoms with Crippen molar-refractivity contribution in [2.45, 2.75) is 0 Å². The van der Waals surface area contributed by atoms with Gasteiger partial charge in [-0.15, -0.1) is 0 Å². The van der Waals surface area contributed by atoms with Crippen LogP contribution in [0, 0.1) is 0 Å². The molecule has 6 nitrogen and oxygen atoms in total. The largest absolute Gasteiger partial charge is 0.493 e. The normalized spacial score (nSPS) is 10.3. The lowest BCUT2D eigenvalue weighted by molar-refractivity contribution is 0.0949. The zero-order valence-corrected chi connectivity index (χ0v) is 9.53. The fourth-order valence-corrected chi connectivity index (χ4v) is 1.66. The van der Waals surface area contributed by atoms with Gasteiger partial charge in [0.15, 0.2) is 11.5 Å². The Labute approximate surface area is 97.7 Å². The monoisotopic (exact) mass is 235 g/mol. The number of rotatable bonds is 3. The summed E-state index contributed by atoms with van der Waals surface area (Å²) in [5, 5.41) is 0.848. The van der Waals surface area contributed by atoms with Gasteiger partial charge in [0.1, 0.15) is 5.69 Å². The first-order chi connectivity index (χ1) is 8.19. The minimum absolute atomic E-state index is 0.376. The number of nitrogen functional groups attached to an aromatic ring is 1. The third-order valence-electron chi connectivity index (χ3n) is 2.50. The topological polar surface area (TPSA) is 89.4 Å². The second kappa shape index (κ2) is 4.34. The van der Waals surface area contributed by atoms with Crippen molar-refractivity contribution >= 4 is 16.8 Å². The molecule has 1 amide bonds. The van der Waals surface area contributed by atoms with E-state index in [-0.39, 0.29) is 5.91 Å². The van der Waals surface area contributed by atoms with Crippen LogP contribution in [0.15, 0.2) is 18.2 Å². The summed E-state index contributed by atoms with van der Waals surface area (Å²) in [6.07, 6.45) is 0. The SMILES string of the molecule is COc1cc2cc(C(=O)NN)[nH]c2cc1OC. The molecule has 0 radical (unpaired) electrons. The molecular weight excluding hydrogens is 222 g/mol. The van der Waals surface area contributed by atoms with Crippen LogP contribution in [0.1, 0.15) is 10.5 Å².